The average molecular weight is 203 g/mol. The summed E-state index contributed by atoms with van der Waals surface area (Å²) in [6.45, 7) is 5.06. The molecule has 0 saturated heterocycles. The SMILES string of the molecule is C=C(C)C(=O)OC=Cc1ccc(N)cc1. The molecular weight excluding hydrogens is 190 g/mol. The third-order valence-electron chi connectivity index (χ3n) is 1.72. The van der Waals surface area contributed by atoms with Gasteiger partial charge in [-0.1, -0.05) is 18.7 Å². The lowest BCUT2D eigenvalue weighted by Crippen LogP contribution is -1.98. The van der Waals surface area contributed by atoms with Crippen molar-refractivity contribution in [1.82, 2.24) is 0 Å². The summed E-state index contributed by atoms with van der Waals surface area (Å²) in [4.78, 5) is 11.0. The molecule has 0 heterocycles. The molecule has 0 radical (unpaired) electrons. The van der Waals surface area contributed by atoms with Crippen molar-refractivity contribution in [2.24, 2.45) is 0 Å². The van der Waals surface area contributed by atoms with Crippen LogP contribution in [0.5, 0.6) is 0 Å². The highest BCUT2D eigenvalue weighted by Gasteiger charge is 1.98. The van der Waals surface area contributed by atoms with Crippen LogP contribution in [0, 0.1) is 0 Å². The minimum absolute atomic E-state index is 0.372. The first-order chi connectivity index (χ1) is 7.09. The van der Waals surface area contributed by atoms with Crippen molar-refractivity contribution in [3.05, 3.63) is 48.2 Å². The molecule has 0 bridgehead atoms. The Labute approximate surface area is 88.9 Å². The molecule has 15 heavy (non-hydrogen) atoms. The Balaban J connectivity index is 2.55. The van der Waals surface area contributed by atoms with Crippen LogP contribution in [0.1, 0.15) is 12.5 Å². The van der Waals surface area contributed by atoms with E-state index in [9.17, 15) is 4.79 Å². The number of carbonyl (C=O) groups excluding carboxylic acids is 1. The van der Waals surface area contributed by atoms with Crippen molar-refractivity contribution in [2.45, 2.75) is 6.92 Å². The van der Waals surface area contributed by atoms with Crippen LogP contribution in [0.15, 0.2) is 42.7 Å². The largest absolute Gasteiger partial charge is 0.431 e. The summed E-state index contributed by atoms with van der Waals surface area (Å²) in [5, 5.41) is 0. The number of esters is 1. The Morgan fingerprint density at radius 1 is 1.40 bits per heavy atom. The molecule has 2 N–H and O–H groups in total. The van der Waals surface area contributed by atoms with Gasteiger partial charge in [0, 0.05) is 11.3 Å². The predicted molar refractivity (Wildman–Crippen MR) is 60.8 cm³/mol. The van der Waals surface area contributed by atoms with Crippen LogP contribution in [-0.2, 0) is 9.53 Å². The van der Waals surface area contributed by atoms with Crippen molar-refractivity contribution in [1.29, 1.82) is 0 Å². The topological polar surface area (TPSA) is 52.3 Å². The van der Waals surface area contributed by atoms with Crippen LogP contribution in [0.25, 0.3) is 6.08 Å². The lowest BCUT2D eigenvalue weighted by Gasteiger charge is -1.97. The van der Waals surface area contributed by atoms with Gasteiger partial charge in [-0.25, -0.2) is 4.79 Å². The van der Waals surface area contributed by atoms with Gasteiger partial charge < -0.3 is 10.5 Å². The molecule has 0 fully saturated rings. The van der Waals surface area contributed by atoms with E-state index in [2.05, 4.69) is 6.58 Å². The molecule has 0 aromatic heterocycles. The van der Waals surface area contributed by atoms with Crippen molar-refractivity contribution in [3.8, 4) is 0 Å². The summed E-state index contributed by atoms with van der Waals surface area (Å²) >= 11 is 0. The number of carbonyl (C=O) groups is 1. The molecule has 0 amide bonds. The van der Waals surface area contributed by atoms with E-state index in [1.54, 1.807) is 25.1 Å². The smallest absolute Gasteiger partial charge is 0.337 e. The molecule has 78 valence electrons. The van der Waals surface area contributed by atoms with Gasteiger partial charge in [0.1, 0.15) is 0 Å². The van der Waals surface area contributed by atoms with E-state index in [0.717, 1.165) is 5.56 Å². The summed E-state index contributed by atoms with van der Waals surface area (Å²) in [7, 11) is 0. The van der Waals surface area contributed by atoms with Crippen LogP contribution in [0.2, 0.25) is 0 Å². The standard InChI is InChI=1S/C12H13NO2/c1-9(2)12(14)15-8-7-10-3-5-11(13)6-4-10/h3-8H,1,13H2,2H3. The zero-order chi connectivity index (χ0) is 11.3. The lowest BCUT2D eigenvalue weighted by atomic mass is 10.2. The van der Waals surface area contributed by atoms with Gasteiger partial charge in [0.05, 0.1) is 6.26 Å². The van der Waals surface area contributed by atoms with E-state index >= 15 is 0 Å². The maximum atomic E-state index is 11.0. The van der Waals surface area contributed by atoms with Crippen LogP contribution < -0.4 is 5.73 Å². The number of benzene rings is 1. The van der Waals surface area contributed by atoms with E-state index in [0.29, 0.717) is 11.3 Å². The van der Waals surface area contributed by atoms with Crippen molar-refractivity contribution in [2.75, 3.05) is 5.73 Å². The molecule has 1 aromatic carbocycles. The summed E-state index contributed by atoms with van der Waals surface area (Å²) in [5.74, 6) is -0.429. The van der Waals surface area contributed by atoms with Gasteiger partial charge in [-0.2, -0.15) is 0 Å². The highest BCUT2D eigenvalue weighted by molar-refractivity contribution is 5.87. The van der Waals surface area contributed by atoms with Gasteiger partial charge in [-0.15, -0.1) is 0 Å². The number of hydrogen-bond donors (Lipinski definition) is 1. The second-order valence-electron chi connectivity index (χ2n) is 3.16. The Bertz CT molecular complexity index is 391. The Kier molecular flexibility index (Phi) is 3.68. The zero-order valence-electron chi connectivity index (χ0n) is 8.57. The molecule has 0 saturated carbocycles. The first-order valence-corrected chi connectivity index (χ1v) is 4.48. The average Bonchev–Trinajstić information content (AvgIpc) is 2.20. The second kappa shape index (κ2) is 5.00. The van der Waals surface area contributed by atoms with Gasteiger partial charge in [0.2, 0.25) is 0 Å². The monoisotopic (exact) mass is 203 g/mol. The predicted octanol–water partition coefficient (Wildman–Crippen LogP) is 2.36. The maximum absolute atomic E-state index is 11.0. The van der Waals surface area contributed by atoms with Gasteiger partial charge in [-0.05, 0) is 30.7 Å². The summed E-state index contributed by atoms with van der Waals surface area (Å²) in [5.41, 5.74) is 7.51. The first-order valence-electron chi connectivity index (χ1n) is 4.48. The fourth-order valence-corrected chi connectivity index (χ4v) is 0.882. The van der Waals surface area contributed by atoms with Crippen molar-refractivity contribution < 1.29 is 9.53 Å². The number of hydrogen-bond acceptors (Lipinski definition) is 3. The molecule has 1 rings (SSSR count). The minimum Gasteiger partial charge on any atom is -0.431 e. The summed E-state index contributed by atoms with van der Waals surface area (Å²) < 4.78 is 4.79. The molecule has 0 unspecified atom stereocenters. The molecule has 0 aliphatic heterocycles. The molecule has 0 aliphatic rings. The number of anilines is 1. The summed E-state index contributed by atoms with van der Waals surface area (Å²) in [6, 6.07) is 7.22. The Morgan fingerprint density at radius 2 is 2.00 bits per heavy atom. The van der Waals surface area contributed by atoms with E-state index in [1.165, 1.54) is 6.26 Å². The second-order valence-corrected chi connectivity index (χ2v) is 3.16. The third kappa shape index (κ3) is 3.68. The van der Waals surface area contributed by atoms with Crippen molar-refractivity contribution >= 4 is 17.7 Å². The first kappa shape index (κ1) is 11.0. The Hall–Kier alpha value is -2.03. The van der Waals surface area contributed by atoms with Gasteiger partial charge >= 0.3 is 5.97 Å². The van der Waals surface area contributed by atoms with Crippen LogP contribution in [0.4, 0.5) is 5.69 Å². The minimum atomic E-state index is -0.429. The van der Waals surface area contributed by atoms with Gasteiger partial charge in [0.25, 0.3) is 0 Å². The molecule has 1 aromatic rings. The molecule has 3 nitrogen and oxygen atoms in total. The summed E-state index contributed by atoms with van der Waals surface area (Å²) in [6.07, 6.45) is 3.02. The third-order valence-corrected chi connectivity index (χ3v) is 1.72. The fraction of sp³-hybridized carbons (Fsp3) is 0.0833. The number of nitrogens with two attached hydrogens (primary N) is 1. The Morgan fingerprint density at radius 3 is 2.53 bits per heavy atom. The molecular formula is C12H13NO2. The van der Waals surface area contributed by atoms with Gasteiger partial charge in [0.15, 0.2) is 0 Å². The maximum Gasteiger partial charge on any atom is 0.337 e. The van der Waals surface area contributed by atoms with E-state index in [1.807, 2.05) is 12.1 Å². The van der Waals surface area contributed by atoms with E-state index in [4.69, 9.17) is 10.5 Å². The van der Waals surface area contributed by atoms with E-state index < -0.39 is 5.97 Å². The highest BCUT2D eigenvalue weighted by atomic mass is 16.5. The molecule has 0 atom stereocenters. The van der Waals surface area contributed by atoms with Gasteiger partial charge in [-0.3, -0.25) is 0 Å². The van der Waals surface area contributed by atoms with Crippen LogP contribution >= 0.6 is 0 Å². The molecule has 3 heteroatoms. The zero-order valence-corrected chi connectivity index (χ0v) is 8.57. The molecule has 0 spiro atoms. The van der Waals surface area contributed by atoms with Crippen LogP contribution in [0.3, 0.4) is 0 Å². The quantitative estimate of drug-likeness (QED) is 0.355. The lowest BCUT2D eigenvalue weighted by molar-refractivity contribution is -0.133. The highest BCUT2D eigenvalue weighted by Crippen LogP contribution is 2.07. The fourth-order valence-electron chi connectivity index (χ4n) is 0.882. The number of ether oxygens (including phenoxy) is 1. The molecule has 0 aliphatic carbocycles. The number of rotatable bonds is 3. The normalized spacial score (nSPS) is 10.2. The van der Waals surface area contributed by atoms with E-state index in [-0.39, 0.29) is 0 Å². The van der Waals surface area contributed by atoms with Crippen molar-refractivity contribution in [3.63, 3.8) is 0 Å². The van der Waals surface area contributed by atoms with Crippen LogP contribution in [-0.4, -0.2) is 5.97 Å². The number of nitrogen functional groups attached to an aromatic ring is 1.